The maximum absolute atomic E-state index is 13.9. The fraction of sp³-hybridized carbons (Fsp3) is 0.310. The average Bonchev–Trinajstić information content (AvgIpc) is 2.89. The van der Waals surface area contributed by atoms with Gasteiger partial charge in [-0.15, -0.1) is 0 Å². The highest BCUT2D eigenvalue weighted by molar-refractivity contribution is 7.92. The van der Waals surface area contributed by atoms with E-state index in [1.165, 1.54) is 17.0 Å². The third kappa shape index (κ3) is 7.14. The van der Waals surface area contributed by atoms with Gasteiger partial charge in [-0.05, 0) is 68.7 Å². The Balaban J connectivity index is 2.03. The van der Waals surface area contributed by atoms with Crippen molar-refractivity contribution in [2.45, 2.75) is 51.6 Å². The second kappa shape index (κ2) is 12.9. The van der Waals surface area contributed by atoms with E-state index in [2.05, 4.69) is 5.32 Å². The lowest BCUT2D eigenvalue weighted by molar-refractivity contribution is -0.139. The molecule has 0 aromatic heterocycles. The highest BCUT2D eigenvalue weighted by Gasteiger charge is 2.32. The molecular formula is C29H34ClN3O4S. The zero-order chi connectivity index (χ0) is 27.9. The maximum atomic E-state index is 13.9. The van der Waals surface area contributed by atoms with Gasteiger partial charge in [0.2, 0.25) is 11.8 Å². The van der Waals surface area contributed by atoms with Crippen LogP contribution in [0.4, 0.5) is 5.69 Å². The smallest absolute Gasteiger partial charge is 0.264 e. The Morgan fingerprint density at radius 2 is 1.63 bits per heavy atom. The van der Waals surface area contributed by atoms with Crippen molar-refractivity contribution in [2.75, 3.05) is 17.4 Å². The first kappa shape index (κ1) is 29.2. The van der Waals surface area contributed by atoms with Crippen LogP contribution in [0.15, 0.2) is 77.7 Å². The third-order valence-corrected chi connectivity index (χ3v) is 8.35. The molecule has 38 heavy (non-hydrogen) atoms. The number of anilines is 1. The summed E-state index contributed by atoms with van der Waals surface area (Å²) >= 11 is 6.38. The van der Waals surface area contributed by atoms with Crippen molar-refractivity contribution in [3.63, 3.8) is 0 Å². The van der Waals surface area contributed by atoms with Crippen LogP contribution >= 0.6 is 11.6 Å². The van der Waals surface area contributed by atoms with Crippen LogP contribution in [-0.2, 0) is 26.2 Å². The zero-order valence-corrected chi connectivity index (χ0v) is 23.7. The van der Waals surface area contributed by atoms with Crippen molar-refractivity contribution < 1.29 is 18.0 Å². The first-order valence-corrected chi connectivity index (χ1v) is 14.3. The molecule has 0 fully saturated rings. The molecule has 0 aliphatic rings. The predicted molar refractivity (Wildman–Crippen MR) is 152 cm³/mol. The minimum atomic E-state index is -4.10. The van der Waals surface area contributed by atoms with Gasteiger partial charge in [-0.2, -0.15) is 0 Å². The maximum Gasteiger partial charge on any atom is 0.264 e. The largest absolute Gasteiger partial charge is 0.354 e. The molecule has 0 aliphatic heterocycles. The number of aryl methyl sites for hydroxylation is 2. The second-order valence-electron chi connectivity index (χ2n) is 9.24. The molecule has 0 unspecified atom stereocenters. The lowest BCUT2D eigenvalue weighted by Gasteiger charge is -2.32. The minimum absolute atomic E-state index is 0.0471. The Morgan fingerprint density at radius 3 is 2.26 bits per heavy atom. The fourth-order valence-electron chi connectivity index (χ4n) is 3.94. The van der Waals surface area contributed by atoms with Gasteiger partial charge < -0.3 is 10.2 Å². The number of amides is 2. The monoisotopic (exact) mass is 555 g/mol. The predicted octanol–water partition coefficient (Wildman–Crippen LogP) is 5.10. The lowest BCUT2D eigenvalue weighted by Crippen LogP contribution is -2.51. The molecule has 1 N–H and O–H groups in total. The van der Waals surface area contributed by atoms with Crippen molar-refractivity contribution in [2.24, 2.45) is 0 Å². The van der Waals surface area contributed by atoms with Crippen LogP contribution in [0.5, 0.6) is 0 Å². The summed E-state index contributed by atoms with van der Waals surface area (Å²) in [6.07, 6.45) is 0.743. The van der Waals surface area contributed by atoms with E-state index < -0.39 is 28.5 Å². The highest BCUT2D eigenvalue weighted by atomic mass is 35.5. The number of rotatable bonds is 11. The van der Waals surface area contributed by atoms with E-state index in [9.17, 15) is 18.0 Å². The van der Waals surface area contributed by atoms with Crippen molar-refractivity contribution in [3.8, 4) is 0 Å². The summed E-state index contributed by atoms with van der Waals surface area (Å²) in [5.74, 6) is -0.850. The molecule has 1 atom stereocenters. The lowest BCUT2D eigenvalue weighted by atomic mass is 10.1. The van der Waals surface area contributed by atoms with Gasteiger partial charge in [-0.25, -0.2) is 8.42 Å². The molecule has 9 heteroatoms. The number of halogens is 1. The Morgan fingerprint density at radius 1 is 0.947 bits per heavy atom. The summed E-state index contributed by atoms with van der Waals surface area (Å²) in [5, 5.41) is 3.28. The standard InChI is InChI=1S/C29H34ClN3O4S/c1-5-17-31-29(35)23(4)32(19-24-10-6-7-12-27(24)30)28(34)20-33(25-11-8-9-22(3)18-25)38(36,37)26-15-13-21(2)14-16-26/h6-16,18,23H,5,17,19-20H2,1-4H3,(H,31,35)/t23-/m1/s1. The Kier molecular flexibility index (Phi) is 9.94. The van der Waals surface area contributed by atoms with E-state index in [4.69, 9.17) is 11.6 Å². The number of carbonyl (C=O) groups excluding carboxylic acids is 2. The van der Waals surface area contributed by atoms with E-state index in [0.29, 0.717) is 22.8 Å². The molecule has 0 heterocycles. The van der Waals surface area contributed by atoms with Crippen LogP contribution in [0.2, 0.25) is 5.02 Å². The van der Waals surface area contributed by atoms with Gasteiger partial charge in [0.1, 0.15) is 12.6 Å². The molecule has 0 spiro atoms. The first-order valence-electron chi connectivity index (χ1n) is 12.5. The van der Waals surface area contributed by atoms with Crippen LogP contribution in [0.25, 0.3) is 0 Å². The van der Waals surface area contributed by atoms with Gasteiger partial charge >= 0.3 is 0 Å². The van der Waals surface area contributed by atoms with Gasteiger partial charge in [0.25, 0.3) is 10.0 Å². The minimum Gasteiger partial charge on any atom is -0.354 e. The number of benzene rings is 3. The summed E-state index contributed by atoms with van der Waals surface area (Å²) in [7, 11) is -4.10. The molecular weight excluding hydrogens is 522 g/mol. The van der Waals surface area contributed by atoms with Crippen LogP contribution in [0.1, 0.15) is 37.0 Å². The molecule has 0 saturated carbocycles. The van der Waals surface area contributed by atoms with Crippen molar-refractivity contribution >= 4 is 39.1 Å². The Bertz CT molecular complexity index is 1380. The second-order valence-corrected chi connectivity index (χ2v) is 11.5. The number of nitrogens with one attached hydrogen (secondary N) is 1. The van der Waals surface area contributed by atoms with Gasteiger partial charge in [0, 0.05) is 18.1 Å². The molecule has 3 aromatic rings. The number of sulfonamides is 1. The molecule has 202 valence electrons. The van der Waals surface area contributed by atoms with E-state index in [-0.39, 0.29) is 17.3 Å². The van der Waals surface area contributed by atoms with E-state index in [0.717, 1.165) is 21.9 Å². The van der Waals surface area contributed by atoms with Gasteiger partial charge in [0.15, 0.2) is 0 Å². The summed E-state index contributed by atoms with van der Waals surface area (Å²) in [4.78, 5) is 28.2. The first-order chi connectivity index (χ1) is 18.0. The highest BCUT2D eigenvalue weighted by Crippen LogP contribution is 2.26. The molecule has 3 rings (SSSR count). The van der Waals surface area contributed by atoms with Crippen LogP contribution in [-0.4, -0.2) is 44.3 Å². The van der Waals surface area contributed by atoms with E-state index >= 15 is 0 Å². The molecule has 3 aromatic carbocycles. The zero-order valence-electron chi connectivity index (χ0n) is 22.1. The average molecular weight is 556 g/mol. The number of carbonyl (C=O) groups is 2. The normalized spacial score (nSPS) is 12.0. The molecule has 0 saturated heterocycles. The summed E-state index contributed by atoms with van der Waals surface area (Å²) in [5.41, 5.74) is 2.78. The SMILES string of the molecule is CCCNC(=O)[C@@H](C)N(Cc1ccccc1Cl)C(=O)CN(c1cccc(C)c1)S(=O)(=O)c1ccc(C)cc1. The molecule has 2 amide bonds. The molecule has 0 radical (unpaired) electrons. The number of hydrogen-bond acceptors (Lipinski definition) is 4. The van der Waals surface area contributed by atoms with E-state index in [1.807, 2.05) is 26.8 Å². The van der Waals surface area contributed by atoms with Crippen molar-refractivity contribution in [1.29, 1.82) is 0 Å². The quantitative estimate of drug-likeness (QED) is 0.357. The third-order valence-electron chi connectivity index (χ3n) is 6.19. The molecule has 0 aliphatic carbocycles. The summed E-state index contributed by atoms with van der Waals surface area (Å²) in [6, 6.07) is 19.7. The number of hydrogen-bond donors (Lipinski definition) is 1. The molecule has 7 nitrogen and oxygen atoms in total. The van der Waals surface area contributed by atoms with Crippen LogP contribution < -0.4 is 9.62 Å². The fourth-order valence-corrected chi connectivity index (χ4v) is 5.54. The van der Waals surface area contributed by atoms with E-state index in [1.54, 1.807) is 61.5 Å². The van der Waals surface area contributed by atoms with Crippen molar-refractivity contribution in [1.82, 2.24) is 10.2 Å². The van der Waals surface area contributed by atoms with Gasteiger partial charge in [-0.1, -0.05) is 66.6 Å². The summed E-state index contributed by atoms with van der Waals surface area (Å²) in [6.45, 7) is 7.32. The molecule has 0 bridgehead atoms. The van der Waals surface area contributed by atoms with Crippen LogP contribution in [0, 0.1) is 13.8 Å². The topological polar surface area (TPSA) is 86.8 Å². The Labute approximate surface area is 230 Å². The van der Waals surface area contributed by atoms with Crippen molar-refractivity contribution in [3.05, 3.63) is 94.5 Å². The summed E-state index contributed by atoms with van der Waals surface area (Å²) < 4.78 is 28.8. The van der Waals surface area contributed by atoms with Crippen LogP contribution in [0.3, 0.4) is 0 Å². The van der Waals surface area contributed by atoms with Gasteiger partial charge in [-0.3, -0.25) is 13.9 Å². The Hall–Kier alpha value is -3.36. The number of nitrogens with zero attached hydrogens (tertiary/aromatic N) is 2. The van der Waals surface area contributed by atoms with Gasteiger partial charge in [0.05, 0.1) is 10.6 Å².